The fraction of sp³-hybridized carbons (Fsp3) is 0.250. The van der Waals surface area contributed by atoms with Crippen LogP contribution >= 0.6 is 0 Å². The molecule has 0 saturated heterocycles. The smallest absolute Gasteiger partial charge is 0.263 e. The second kappa shape index (κ2) is 10.4. The van der Waals surface area contributed by atoms with Gasteiger partial charge in [0.2, 0.25) is 5.91 Å². The van der Waals surface area contributed by atoms with E-state index in [1.807, 2.05) is 62.4 Å². The van der Waals surface area contributed by atoms with Crippen molar-refractivity contribution in [1.29, 1.82) is 0 Å². The summed E-state index contributed by atoms with van der Waals surface area (Å²) in [6.07, 6.45) is 1.42. The number of nitrogens with zero attached hydrogens (tertiary/aromatic N) is 5. The zero-order valence-corrected chi connectivity index (χ0v) is 21.7. The molecule has 0 aliphatic rings. The van der Waals surface area contributed by atoms with Crippen LogP contribution in [0.15, 0.2) is 59.7 Å². The van der Waals surface area contributed by atoms with Crippen molar-refractivity contribution in [3.05, 3.63) is 87.7 Å². The molecule has 0 atom stereocenters. The van der Waals surface area contributed by atoms with E-state index in [2.05, 4.69) is 20.6 Å². The van der Waals surface area contributed by atoms with Crippen LogP contribution in [0, 0.1) is 13.8 Å². The number of nitrogens with one attached hydrogen (secondary N) is 2. The maximum atomic E-state index is 13.9. The summed E-state index contributed by atoms with van der Waals surface area (Å²) in [5.74, 6) is 0.259. The van der Waals surface area contributed by atoms with Crippen LogP contribution < -0.4 is 21.9 Å². The first-order chi connectivity index (χ1) is 18.3. The predicted molar refractivity (Wildman–Crippen MR) is 148 cm³/mol. The van der Waals surface area contributed by atoms with Crippen molar-refractivity contribution < 1.29 is 4.79 Å². The van der Waals surface area contributed by atoms with Gasteiger partial charge in [-0.2, -0.15) is 5.10 Å². The highest BCUT2D eigenvalue weighted by molar-refractivity contribution is 5.88. The Morgan fingerprint density at radius 3 is 2.58 bits per heavy atom. The molecule has 3 heterocycles. The zero-order chi connectivity index (χ0) is 26.8. The van der Waals surface area contributed by atoms with E-state index in [1.165, 1.54) is 13.3 Å². The summed E-state index contributed by atoms with van der Waals surface area (Å²) in [6.45, 7) is 7.22. The van der Waals surface area contributed by atoms with E-state index in [4.69, 9.17) is 10.8 Å². The SMILES string of the molecule is CC(=O)NCCNCc1nn(Cc2cc3cccc(C)c3c(=O)n2-c2ccccc2C)c2ncnc(N)c12. The van der Waals surface area contributed by atoms with Crippen LogP contribution in [0.2, 0.25) is 0 Å². The molecule has 2 aromatic carbocycles. The molecule has 0 aliphatic carbocycles. The molecule has 10 heteroatoms. The normalized spacial score (nSPS) is 11.3. The molecule has 5 aromatic rings. The number of anilines is 1. The lowest BCUT2D eigenvalue weighted by atomic mass is 10.1. The molecule has 0 fully saturated rings. The standard InChI is InChI=1S/C28H30N8O2/c1-17-7-4-5-10-23(17)36-21(13-20-9-6-8-18(2)24(20)28(36)38)15-35-27-25(26(29)32-16-33-27)22(34-35)14-30-11-12-31-19(3)37/h4-10,13,16,30H,11-12,14-15H2,1-3H3,(H,31,37)(H2,29,32,33). The quantitative estimate of drug-likeness (QED) is 0.273. The highest BCUT2D eigenvalue weighted by Gasteiger charge is 2.19. The van der Waals surface area contributed by atoms with Gasteiger partial charge in [0.25, 0.3) is 5.56 Å². The van der Waals surface area contributed by atoms with Crippen LogP contribution in [0.5, 0.6) is 0 Å². The van der Waals surface area contributed by atoms with Crippen molar-refractivity contribution in [2.24, 2.45) is 0 Å². The summed E-state index contributed by atoms with van der Waals surface area (Å²) < 4.78 is 3.54. The number of nitrogens with two attached hydrogens (primary N) is 1. The third-order valence-corrected chi connectivity index (χ3v) is 6.60. The number of rotatable bonds is 8. The number of carbonyl (C=O) groups is 1. The minimum atomic E-state index is -0.0792. The van der Waals surface area contributed by atoms with Crippen molar-refractivity contribution >= 4 is 33.5 Å². The second-order valence-corrected chi connectivity index (χ2v) is 9.32. The van der Waals surface area contributed by atoms with Gasteiger partial charge >= 0.3 is 0 Å². The molecule has 0 unspecified atom stereocenters. The third-order valence-electron chi connectivity index (χ3n) is 6.60. The number of benzene rings is 2. The molecule has 194 valence electrons. The molecule has 1 amide bonds. The van der Waals surface area contributed by atoms with E-state index in [0.717, 1.165) is 27.9 Å². The Hall–Kier alpha value is -4.57. The molecule has 4 N–H and O–H groups in total. The van der Waals surface area contributed by atoms with E-state index in [-0.39, 0.29) is 11.5 Å². The maximum Gasteiger partial charge on any atom is 0.263 e. The summed E-state index contributed by atoms with van der Waals surface area (Å²) in [4.78, 5) is 33.7. The number of pyridine rings is 1. The molecule has 0 saturated carbocycles. The predicted octanol–water partition coefficient (Wildman–Crippen LogP) is 2.60. The number of hydrogen-bond donors (Lipinski definition) is 3. The fourth-order valence-corrected chi connectivity index (χ4v) is 4.81. The van der Waals surface area contributed by atoms with Gasteiger partial charge in [-0.15, -0.1) is 0 Å². The van der Waals surface area contributed by atoms with Gasteiger partial charge in [0.15, 0.2) is 5.65 Å². The van der Waals surface area contributed by atoms with Crippen molar-refractivity contribution in [2.75, 3.05) is 18.8 Å². The van der Waals surface area contributed by atoms with Gasteiger partial charge in [-0.25, -0.2) is 14.6 Å². The maximum absolute atomic E-state index is 13.9. The molecular formula is C28H30N8O2. The first-order valence-electron chi connectivity index (χ1n) is 12.5. The first kappa shape index (κ1) is 25.1. The van der Waals surface area contributed by atoms with Gasteiger partial charge < -0.3 is 16.4 Å². The zero-order valence-electron chi connectivity index (χ0n) is 21.7. The van der Waals surface area contributed by atoms with Gasteiger partial charge in [0, 0.05) is 32.3 Å². The van der Waals surface area contributed by atoms with Crippen LogP contribution in [-0.4, -0.2) is 43.3 Å². The van der Waals surface area contributed by atoms with Crippen molar-refractivity contribution in [3.8, 4) is 5.69 Å². The van der Waals surface area contributed by atoms with Gasteiger partial charge in [-0.3, -0.25) is 14.2 Å². The lowest BCUT2D eigenvalue weighted by molar-refractivity contribution is -0.118. The van der Waals surface area contributed by atoms with Gasteiger partial charge in [0.05, 0.1) is 28.7 Å². The summed E-state index contributed by atoms with van der Waals surface area (Å²) in [5, 5.41) is 13.1. The summed E-state index contributed by atoms with van der Waals surface area (Å²) in [5.41, 5.74) is 11.0. The average molecular weight is 511 g/mol. The number of para-hydroxylation sites is 1. The van der Waals surface area contributed by atoms with Crippen molar-refractivity contribution in [1.82, 2.24) is 34.9 Å². The Morgan fingerprint density at radius 1 is 1.00 bits per heavy atom. The Morgan fingerprint density at radius 2 is 1.79 bits per heavy atom. The Labute approximate surface area is 219 Å². The monoisotopic (exact) mass is 510 g/mol. The van der Waals surface area contributed by atoms with E-state index < -0.39 is 0 Å². The van der Waals surface area contributed by atoms with Crippen LogP contribution in [0.1, 0.15) is 29.4 Å². The molecule has 10 nitrogen and oxygen atoms in total. The Balaban J connectivity index is 1.61. The second-order valence-electron chi connectivity index (χ2n) is 9.32. The van der Waals surface area contributed by atoms with Gasteiger partial charge in [0.1, 0.15) is 12.1 Å². The number of amides is 1. The number of aromatic nitrogens is 5. The number of hydrogen-bond acceptors (Lipinski definition) is 7. The average Bonchev–Trinajstić information content (AvgIpc) is 3.23. The van der Waals surface area contributed by atoms with Crippen LogP contribution in [0.25, 0.3) is 27.5 Å². The molecule has 38 heavy (non-hydrogen) atoms. The van der Waals surface area contributed by atoms with E-state index >= 15 is 0 Å². The number of carbonyl (C=O) groups excluding carboxylic acids is 1. The van der Waals surface area contributed by atoms with Gasteiger partial charge in [-0.05, 0) is 42.5 Å². The van der Waals surface area contributed by atoms with Crippen LogP contribution in [-0.2, 0) is 17.9 Å². The van der Waals surface area contributed by atoms with E-state index in [9.17, 15) is 9.59 Å². The number of aryl methyl sites for hydroxylation is 2. The highest BCUT2D eigenvalue weighted by atomic mass is 16.1. The largest absolute Gasteiger partial charge is 0.383 e. The highest BCUT2D eigenvalue weighted by Crippen LogP contribution is 2.25. The minimum Gasteiger partial charge on any atom is -0.383 e. The molecule has 0 aliphatic heterocycles. The van der Waals surface area contributed by atoms with Crippen molar-refractivity contribution in [3.63, 3.8) is 0 Å². The first-order valence-corrected chi connectivity index (χ1v) is 12.5. The fourth-order valence-electron chi connectivity index (χ4n) is 4.81. The Bertz CT molecular complexity index is 1720. The summed E-state index contributed by atoms with van der Waals surface area (Å²) in [6, 6.07) is 15.8. The lowest BCUT2D eigenvalue weighted by Crippen LogP contribution is -2.30. The number of nitrogen functional groups attached to an aromatic ring is 1. The third kappa shape index (κ3) is 4.73. The molecule has 0 radical (unpaired) electrons. The topological polar surface area (TPSA) is 133 Å². The van der Waals surface area contributed by atoms with E-state index in [1.54, 1.807) is 9.25 Å². The summed E-state index contributed by atoms with van der Waals surface area (Å²) in [7, 11) is 0. The molecule has 0 spiro atoms. The summed E-state index contributed by atoms with van der Waals surface area (Å²) >= 11 is 0. The van der Waals surface area contributed by atoms with Crippen LogP contribution in [0.3, 0.4) is 0 Å². The number of fused-ring (bicyclic) bond motifs is 2. The molecule has 5 rings (SSSR count). The van der Waals surface area contributed by atoms with Crippen LogP contribution in [0.4, 0.5) is 5.82 Å². The lowest BCUT2D eigenvalue weighted by Gasteiger charge is -2.17. The molecule has 3 aromatic heterocycles. The van der Waals surface area contributed by atoms with Crippen molar-refractivity contribution in [2.45, 2.75) is 33.9 Å². The molecular weight excluding hydrogens is 480 g/mol. The van der Waals surface area contributed by atoms with Gasteiger partial charge in [-0.1, -0.05) is 36.4 Å². The minimum absolute atomic E-state index is 0.0737. The molecule has 0 bridgehead atoms. The Kier molecular flexibility index (Phi) is 6.89. The van der Waals surface area contributed by atoms with E-state index in [0.29, 0.717) is 54.1 Å².